The number of aromatic amines is 1. The molecular formula is C32H33N9O4S. The van der Waals surface area contributed by atoms with Gasteiger partial charge in [-0.3, -0.25) is 9.59 Å². The summed E-state index contributed by atoms with van der Waals surface area (Å²) in [5.41, 5.74) is 17.5. The van der Waals surface area contributed by atoms with E-state index >= 15 is 0 Å². The van der Waals surface area contributed by atoms with E-state index in [1.54, 1.807) is 6.07 Å². The molecule has 46 heavy (non-hydrogen) atoms. The number of aromatic nitrogens is 5. The molecule has 6 heterocycles. The molecule has 2 atom stereocenters. The molecule has 1 aliphatic carbocycles. The summed E-state index contributed by atoms with van der Waals surface area (Å²) >= 11 is 1.38. The number of primary amides is 1. The number of morpholine rings is 1. The number of nitrogens with one attached hydrogen (secondary N) is 2. The molecule has 1 amide bonds. The van der Waals surface area contributed by atoms with E-state index in [1.165, 1.54) is 22.2 Å². The molecule has 1 saturated heterocycles. The molecule has 0 bridgehead atoms. The van der Waals surface area contributed by atoms with Gasteiger partial charge < -0.3 is 35.8 Å². The first-order valence-electron chi connectivity index (χ1n) is 15.5. The molecule has 1 saturated carbocycles. The highest BCUT2D eigenvalue weighted by Gasteiger charge is 2.27. The lowest BCUT2D eigenvalue weighted by Gasteiger charge is -2.29. The maximum atomic E-state index is 13.1. The molecule has 5 aromatic heterocycles. The second-order valence-electron chi connectivity index (χ2n) is 11.9. The molecule has 6 aromatic rings. The van der Waals surface area contributed by atoms with Crippen LogP contribution in [0.1, 0.15) is 47.3 Å². The van der Waals surface area contributed by atoms with E-state index < -0.39 is 5.91 Å². The second kappa shape index (κ2) is 11.5. The Labute approximate surface area is 266 Å². The number of hydrogen-bond acceptors (Lipinski definition) is 11. The van der Waals surface area contributed by atoms with Gasteiger partial charge in [0.1, 0.15) is 16.6 Å². The summed E-state index contributed by atoms with van der Waals surface area (Å²) in [7, 11) is 0. The Balaban J connectivity index is 1.20. The lowest BCUT2D eigenvalue weighted by Crippen LogP contribution is -2.43. The third kappa shape index (κ3) is 4.89. The number of anilines is 2. The van der Waals surface area contributed by atoms with Gasteiger partial charge in [0, 0.05) is 65.7 Å². The van der Waals surface area contributed by atoms with Crippen molar-refractivity contribution in [2.24, 2.45) is 11.5 Å². The van der Waals surface area contributed by atoms with E-state index in [0.717, 1.165) is 53.3 Å². The standard InChI is InChI=1S/C32H33N9O4S/c33-21-3-1-2-4-22(21)38-32-39-23(26(30(34)43)31-36-16-37-41(31)32)13-17-5-6-18(19-7-8-35-27(17)19)20-15-46-29-24(42)14-25(45-28(20)29)40-9-11-44-12-10-40/h5-8,14-16,21-22,35H,1-4,9-13,33H2,(H2,34,43)(H,38,39)/t21-,22+/m1/s1. The molecule has 14 heteroatoms. The fraction of sp³-hybridized carbons (Fsp3) is 0.344. The maximum Gasteiger partial charge on any atom is 0.254 e. The zero-order valence-electron chi connectivity index (χ0n) is 25.0. The lowest BCUT2D eigenvalue weighted by atomic mass is 9.91. The van der Waals surface area contributed by atoms with Crippen LogP contribution in [0, 0.1) is 0 Å². The van der Waals surface area contributed by atoms with Gasteiger partial charge in [0.15, 0.2) is 17.1 Å². The van der Waals surface area contributed by atoms with Crippen LogP contribution in [0.3, 0.4) is 0 Å². The van der Waals surface area contributed by atoms with Gasteiger partial charge in [0.2, 0.25) is 11.4 Å². The van der Waals surface area contributed by atoms with E-state index in [-0.39, 0.29) is 23.1 Å². The topological polar surface area (TPSA) is 183 Å². The van der Waals surface area contributed by atoms with E-state index in [9.17, 15) is 9.59 Å². The van der Waals surface area contributed by atoms with E-state index in [1.807, 2.05) is 34.7 Å². The first-order valence-corrected chi connectivity index (χ1v) is 16.4. The van der Waals surface area contributed by atoms with Crippen molar-refractivity contribution in [1.29, 1.82) is 0 Å². The van der Waals surface area contributed by atoms with Crippen LogP contribution in [-0.4, -0.2) is 68.9 Å². The van der Waals surface area contributed by atoms with Crippen LogP contribution in [0.4, 0.5) is 11.8 Å². The zero-order valence-corrected chi connectivity index (χ0v) is 25.8. The third-order valence-electron chi connectivity index (χ3n) is 9.09. The lowest BCUT2D eigenvalue weighted by molar-refractivity contribution is 0.1000. The van der Waals surface area contributed by atoms with Crippen LogP contribution >= 0.6 is 11.3 Å². The molecule has 6 N–H and O–H groups in total. The molecule has 0 unspecified atom stereocenters. The molecule has 1 aromatic carbocycles. The van der Waals surface area contributed by atoms with Crippen molar-refractivity contribution in [3.05, 3.63) is 69.2 Å². The SMILES string of the molecule is NC(=O)c1c(Cc2ccc(-c3csc4c(=O)cc(N5CCOCC5)oc34)c3cc[nH]c23)nc(N[C@H]2CCCC[C@H]2N)n2ncnc12. The van der Waals surface area contributed by atoms with Crippen LogP contribution < -0.4 is 27.1 Å². The largest absolute Gasteiger partial charge is 0.439 e. The quantitative estimate of drug-likeness (QED) is 0.201. The number of ether oxygens (including phenoxy) is 1. The molecule has 2 aliphatic rings. The van der Waals surface area contributed by atoms with Crippen molar-refractivity contribution in [2.45, 2.75) is 44.2 Å². The fourth-order valence-corrected chi connectivity index (χ4v) is 7.64. The van der Waals surface area contributed by atoms with Crippen molar-refractivity contribution in [3.8, 4) is 11.1 Å². The van der Waals surface area contributed by atoms with Crippen LogP contribution in [0.2, 0.25) is 0 Å². The Kier molecular flexibility index (Phi) is 7.19. The molecule has 13 nitrogen and oxygen atoms in total. The van der Waals surface area contributed by atoms with Gasteiger partial charge in [-0.25, -0.2) is 9.97 Å². The third-order valence-corrected chi connectivity index (χ3v) is 10.1. The van der Waals surface area contributed by atoms with Gasteiger partial charge in [-0.15, -0.1) is 11.3 Å². The first-order chi connectivity index (χ1) is 22.5. The Bertz CT molecular complexity index is 2160. The second-order valence-corrected chi connectivity index (χ2v) is 12.8. The molecular weight excluding hydrogens is 606 g/mol. The van der Waals surface area contributed by atoms with Crippen molar-refractivity contribution in [1.82, 2.24) is 24.6 Å². The van der Waals surface area contributed by atoms with Crippen molar-refractivity contribution in [2.75, 3.05) is 36.5 Å². The highest BCUT2D eigenvalue weighted by atomic mass is 32.1. The predicted octanol–water partition coefficient (Wildman–Crippen LogP) is 3.65. The summed E-state index contributed by atoms with van der Waals surface area (Å²) in [5, 5.41) is 10.7. The number of hydrogen-bond donors (Lipinski definition) is 4. The van der Waals surface area contributed by atoms with Crippen molar-refractivity contribution < 1.29 is 13.9 Å². The van der Waals surface area contributed by atoms with Crippen molar-refractivity contribution in [3.63, 3.8) is 0 Å². The van der Waals surface area contributed by atoms with Crippen LogP contribution in [0.15, 0.2) is 51.4 Å². The van der Waals surface area contributed by atoms with E-state index in [4.69, 9.17) is 25.6 Å². The Hall–Kier alpha value is -4.79. The summed E-state index contributed by atoms with van der Waals surface area (Å²) in [6, 6.07) is 7.62. The molecule has 1 aliphatic heterocycles. The molecule has 0 radical (unpaired) electrons. The van der Waals surface area contributed by atoms with Crippen LogP contribution in [0.25, 0.3) is 38.0 Å². The van der Waals surface area contributed by atoms with Gasteiger partial charge in [0.25, 0.3) is 5.91 Å². The number of thiophene rings is 1. The number of nitrogens with zero attached hydrogens (tertiary/aromatic N) is 5. The van der Waals surface area contributed by atoms with E-state index in [2.05, 4.69) is 20.4 Å². The minimum Gasteiger partial charge on any atom is -0.439 e. The number of fused-ring (bicyclic) bond motifs is 3. The minimum absolute atomic E-state index is 0.0120. The zero-order chi connectivity index (χ0) is 31.4. The number of rotatable bonds is 7. The summed E-state index contributed by atoms with van der Waals surface area (Å²) in [6.07, 6.45) is 7.61. The number of carbonyl (C=O) groups is 1. The van der Waals surface area contributed by atoms with Gasteiger partial charge in [-0.1, -0.05) is 25.0 Å². The fourth-order valence-electron chi connectivity index (χ4n) is 6.74. The number of amides is 1. The number of nitrogens with two attached hydrogens (primary N) is 2. The number of benzene rings is 1. The summed E-state index contributed by atoms with van der Waals surface area (Å²) in [4.78, 5) is 40.6. The van der Waals surface area contributed by atoms with E-state index in [0.29, 0.717) is 66.2 Å². The molecule has 0 spiro atoms. The minimum atomic E-state index is -0.628. The first kappa shape index (κ1) is 28.7. The maximum absolute atomic E-state index is 13.1. The summed E-state index contributed by atoms with van der Waals surface area (Å²) in [6.45, 7) is 2.51. The number of carbonyl (C=O) groups excluding carboxylic acids is 1. The van der Waals surface area contributed by atoms with Gasteiger partial charge >= 0.3 is 0 Å². The van der Waals surface area contributed by atoms with Crippen LogP contribution in [-0.2, 0) is 11.2 Å². The number of H-pyrrole nitrogens is 1. The molecule has 8 rings (SSSR count). The average molecular weight is 640 g/mol. The monoisotopic (exact) mass is 639 g/mol. The highest BCUT2D eigenvalue weighted by molar-refractivity contribution is 7.17. The Morgan fingerprint density at radius 3 is 2.83 bits per heavy atom. The smallest absolute Gasteiger partial charge is 0.254 e. The average Bonchev–Trinajstić information content (AvgIpc) is 3.83. The normalized spacial score (nSPS) is 18.9. The Morgan fingerprint density at radius 2 is 2.00 bits per heavy atom. The van der Waals surface area contributed by atoms with Gasteiger partial charge in [-0.05, 0) is 30.0 Å². The summed E-state index contributed by atoms with van der Waals surface area (Å²) < 4.78 is 14.0. The van der Waals surface area contributed by atoms with Gasteiger partial charge in [-0.2, -0.15) is 9.61 Å². The Morgan fingerprint density at radius 1 is 1.15 bits per heavy atom. The predicted molar refractivity (Wildman–Crippen MR) is 177 cm³/mol. The van der Waals surface area contributed by atoms with Gasteiger partial charge in [0.05, 0.1) is 18.9 Å². The van der Waals surface area contributed by atoms with Crippen molar-refractivity contribution >= 4 is 55.9 Å². The van der Waals surface area contributed by atoms with Crippen LogP contribution in [0.5, 0.6) is 0 Å². The highest BCUT2D eigenvalue weighted by Crippen LogP contribution is 2.39. The molecule has 2 fully saturated rings. The summed E-state index contributed by atoms with van der Waals surface area (Å²) in [5.74, 6) is 0.400. The molecule has 236 valence electrons.